The van der Waals surface area contributed by atoms with E-state index in [0.29, 0.717) is 6.42 Å². The minimum atomic E-state index is -1.49. The third-order valence-corrected chi connectivity index (χ3v) is 5.58. The van der Waals surface area contributed by atoms with E-state index in [1.54, 1.807) is 19.2 Å². The monoisotopic (exact) mass is 447 g/mol. The van der Waals surface area contributed by atoms with Gasteiger partial charge in [0.05, 0.1) is 18.4 Å². The van der Waals surface area contributed by atoms with Gasteiger partial charge in [-0.3, -0.25) is 4.98 Å². The number of allylic oxidation sites excluding steroid dienone is 1. The van der Waals surface area contributed by atoms with Crippen molar-refractivity contribution in [2.24, 2.45) is 5.92 Å². The van der Waals surface area contributed by atoms with Gasteiger partial charge >= 0.3 is 5.97 Å². The first-order chi connectivity index (χ1) is 16.0. The van der Waals surface area contributed by atoms with Gasteiger partial charge in [0.2, 0.25) is 0 Å². The van der Waals surface area contributed by atoms with Crippen LogP contribution in [0.5, 0.6) is 5.75 Å². The maximum absolute atomic E-state index is 11.9. The van der Waals surface area contributed by atoms with Gasteiger partial charge in [-0.15, -0.1) is 6.58 Å². The SMILES string of the molecule is C=C[C@H]([C@H](O)CC/C(=C/c1ccc(O)c2ccccc12)c1ccccn1)[C@H](O)C(=O)OCC. The molecular formula is C27H29NO5. The van der Waals surface area contributed by atoms with E-state index in [4.69, 9.17) is 4.74 Å². The first-order valence-corrected chi connectivity index (χ1v) is 10.9. The lowest BCUT2D eigenvalue weighted by molar-refractivity contribution is -0.157. The lowest BCUT2D eigenvalue weighted by Gasteiger charge is -2.24. The van der Waals surface area contributed by atoms with Crippen LogP contribution in [0.3, 0.4) is 0 Å². The van der Waals surface area contributed by atoms with E-state index < -0.39 is 24.1 Å². The molecule has 0 aliphatic heterocycles. The Bertz CT molecular complexity index is 1130. The minimum absolute atomic E-state index is 0.142. The molecule has 2 aromatic carbocycles. The number of hydrogen-bond acceptors (Lipinski definition) is 6. The number of carbonyl (C=O) groups is 1. The molecule has 1 aromatic heterocycles. The Balaban J connectivity index is 1.90. The van der Waals surface area contributed by atoms with Crippen LogP contribution in [-0.4, -0.2) is 45.1 Å². The second kappa shape index (κ2) is 11.4. The number of nitrogens with zero attached hydrogens (tertiary/aromatic N) is 1. The van der Waals surface area contributed by atoms with Crippen LogP contribution >= 0.6 is 0 Å². The highest BCUT2D eigenvalue weighted by molar-refractivity contribution is 5.98. The number of rotatable bonds is 10. The van der Waals surface area contributed by atoms with E-state index in [2.05, 4.69) is 11.6 Å². The number of hydrogen-bond donors (Lipinski definition) is 3. The van der Waals surface area contributed by atoms with Gasteiger partial charge in [-0.05, 0) is 60.6 Å². The Kier molecular flexibility index (Phi) is 8.35. The van der Waals surface area contributed by atoms with Crippen LogP contribution in [0.15, 0.2) is 73.4 Å². The topological polar surface area (TPSA) is 99.9 Å². The van der Waals surface area contributed by atoms with E-state index in [-0.39, 0.29) is 18.8 Å². The number of phenolic OH excluding ortho intramolecular Hbond substituents is 1. The molecule has 0 saturated heterocycles. The second-order valence-electron chi connectivity index (χ2n) is 7.72. The van der Waals surface area contributed by atoms with Crippen molar-refractivity contribution in [1.29, 1.82) is 0 Å². The molecule has 6 heteroatoms. The molecule has 0 unspecified atom stereocenters. The maximum atomic E-state index is 11.9. The van der Waals surface area contributed by atoms with Crippen LogP contribution in [0.4, 0.5) is 0 Å². The van der Waals surface area contributed by atoms with Crippen LogP contribution in [0.2, 0.25) is 0 Å². The Morgan fingerprint density at radius 2 is 1.82 bits per heavy atom. The Morgan fingerprint density at radius 3 is 2.48 bits per heavy atom. The highest BCUT2D eigenvalue weighted by Crippen LogP contribution is 2.31. The van der Waals surface area contributed by atoms with Crippen molar-refractivity contribution in [3.05, 3.63) is 84.7 Å². The number of aliphatic hydroxyl groups excluding tert-OH is 2. The van der Waals surface area contributed by atoms with Crippen molar-refractivity contribution in [2.45, 2.75) is 32.0 Å². The number of ether oxygens (including phenoxy) is 1. The van der Waals surface area contributed by atoms with Crippen molar-refractivity contribution in [1.82, 2.24) is 4.98 Å². The zero-order valence-electron chi connectivity index (χ0n) is 18.6. The molecule has 0 amide bonds. The van der Waals surface area contributed by atoms with Gasteiger partial charge in [-0.2, -0.15) is 0 Å². The van der Waals surface area contributed by atoms with Gasteiger partial charge in [0.1, 0.15) is 5.75 Å². The highest BCUT2D eigenvalue weighted by Gasteiger charge is 2.30. The van der Waals surface area contributed by atoms with Crippen molar-refractivity contribution in [2.75, 3.05) is 6.61 Å². The molecule has 0 aliphatic rings. The molecule has 3 atom stereocenters. The molecular weight excluding hydrogens is 418 g/mol. The number of fused-ring (bicyclic) bond motifs is 1. The fourth-order valence-electron chi connectivity index (χ4n) is 3.82. The summed E-state index contributed by atoms with van der Waals surface area (Å²) >= 11 is 0. The number of esters is 1. The summed E-state index contributed by atoms with van der Waals surface area (Å²) in [6.07, 6.45) is 3.28. The minimum Gasteiger partial charge on any atom is -0.507 e. The summed E-state index contributed by atoms with van der Waals surface area (Å²) in [6.45, 7) is 5.46. The molecule has 1 heterocycles. The van der Waals surface area contributed by atoms with Crippen molar-refractivity contribution >= 4 is 28.4 Å². The summed E-state index contributed by atoms with van der Waals surface area (Å²) in [7, 11) is 0. The maximum Gasteiger partial charge on any atom is 0.335 e. The summed E-state index contributed by atoms with van der Waals surface area (Å²) in [4.78, 5) is 16.4. The third kappa shape index (κ3) is 5.86. The average molecular weight is 448 g/mol. The van der Waals surface area contributed by atoms with Crippen LogP contribution in [0.1, 0.15) is 31.0 Å². The summed E-state index contributed by atoms with van der Waals surface area (Å²) in [5.74, 6) is -1.43. The Hall–Kier alpha value is -3.48. The smallest absolute Gasteiger partial charge is 0.335 e. The molecule has 3 rings (SSSR count). The van der Waals surface area contributed by atoms with Crippen molar-refractivity contribution in [3.63, 3.8) is 0 Å². The van der Waals surface area contributed by atoms with Gasteiger partial charge in [-0.25, -0.2) is 4.79 Å². The number of aromatic nitrogens is 1. The predicted molar refractivity (Wildman–Crippen MR) is 129 cm³/mol. The van der Waals surface area contributed by atoms with Crippen molar-refractivity contribution in [3.8, 4) is 5.75 Å². The van der Waals surface area contributed by atoms with Gasteiger partial charge < -0.3 is 20.1 Å². The van der Waals surface area contributed by atoms with Gasteiger partial charge in [0.15, 0.2) is 6.10 Å². The molecule has 0 bridgehead atoms. The average Bonchev–Trinajstić information content (AvgIpc) is 2.84. The second-order valence-corrected chi connectivity index (χ2v) is 7.72. The number of aliphatic hydroxyl groups is 2. The largest absolute Gasteiger partial charge is 0.507 e. The quantitative estimate of drug-likeness (QED) is 0.316. The molecule has 0 radical (unpaired) electrons. The van der Waals surface area contributed by atoms with E-state index in [9.17, 15) is 20.1 Å². The predicted octanol–water partition coefficient (Wildman–Crippen LogP) is 4.35. The lowest BCUT2D eigenvalue weighted by atomic mass is 9.90. The summed E-state index contributed by atoms with van der Waals surface area (Å²) < 4.78 is 4.87. The van der Waals surface area contributed by atoms with Crippen molar-refractivity contribution < 1.29 is 24.9 Å². The fourth-order valence-corrected chi connectivity index (χ4v) is 3.82. The number of pyridine rings is 1. The van der Waals surface area contributed by atoms with E-state index >= 15 is 0 Å². The molecule has 0 aliphatic carbocycles. The molecule has 172 valence electrons. The first-order valence-electron chi connectivity index (χ1n) is 10.9. The van der Waals surface area contributed by atoms with Crippen LogP contribution < -0.4 is 0 Å². The standard InChI is InChI=1S/C27H29NO5/c1-3-20(26(31)27(32)33-4-2)24(29)15-13-19(23-11-7-8-16-28-23)17-18-12-14-25(30)22-10-6-5-9-21(18)22/h3,5-12,14,16-17,20,24,26,29-31H,1,4,13,15H2,2H3/b19-17-/t20-,24-,26+/m1/s1. The normalized spacial score (nSPS) is 14.5. The molecule has 0 fully saturated rings. The van der Waals surface area contributed by atoms with E-state index in [0.717, 1.165) is 27.6 Å². The zero-order chi connectivity index (χ0) is 23.8. The lowest BCUT2D eigenvalue weighted by Crippen LogP contribution is -2.37. The highest BCUT2D eigenvalue weighted by atomic mass is 16.5. The molecule has 6 nitrogen and oxygen atoms in total. The van der Waals surface area contributed by atoms with E-state index in [1.165, 1.54) is 6.08 Å². The molecule has 0 spiro atoms. The first kappa shape index (κ1) is 24.2. The third-order valence-electron chi connectivity index (χ3n) is 5.58. The molecule has 3 aromatic rings. The van der Waals surface area contributed by atoms with Crippen LogP contribution in [-0.2, 0) is 9.53 Å². The van der Waals surface area contributed by atoms with Crippen LogP contribution in [0.25, 0.3) is 22.4 Å². The van der Waals surface area contributed by atoms with Gasteiger partial charge in [0.25, 0.3) is 0 Å². The van der Waals surface area contributed by atoms with Crippen LogP contribution in [0, 0.1) is 5.92 Å². The molecule has 33 heavy (non-hydrogen) atoms. The van der Waals surface area contributed by atoms with E-state index in [1.807, 2.05) is 54.6 Å². The number of benzene rings is 2. The zero-order valence-corrected chi connectivity index (χ0v) is 18.6. The van der Waals surface area contributed by atoms with Gasteiger partial charge in [-0.1, -0.05) is 42.5 Å². The summed E-state index contributed by atoms with van der Waals surface area (Å²) in [5.41, 5.74) is 2.53. The molecule has 3 N–H and O–H groups in total. The van der Waals surface area contributed by atoms with Gasteiger partial charge in [0, 0.05) is 17.5 Å². The summed E-state index contributed by atoms with van der Waals surface area (Å²) in [6, 6.07) is 16.7. The Labute approximate surface area is 193 Å². The number of carbonyl (C=O) groups excluding carboxylic acids is 1. The number of phenols is 1. The fraction of sp³-hybridized carbons (Fsp3) is 0.259. The Morgan fingerprint density at radius 1 is 1.09 bits per heavy atom. The molecule has 0 saturated carbocycles. The number of aromatic hydroxyl groups is 1. The summed E-state index contributed by atoms with van der Waals surface area (Å²) in [5, 5.41) is 32.9.